The molecule has 0 aromatic heterocycles. The Kier molecular flexibility index (Phi) is 12.1. The van der Waals surface area contributed by atoms with Crippen molar-refractivity contribution in [3.05, 3.63) is 28.8 Å². The molecule has 0 saturated heterocycles. The van der Waals surface area contributed by atoms with Crippen molar-refractivity contribution in [1.82, 2.24) is 10.7 Å². The summed E-state index contributed by atoms with van der Waals surface area (Å²) >= 11 is 11.3. The van der Waals surface area contributed by atoms with Crippen LogP contribution in [0.4, 0.5) is 0 Å². The lowest BCUT2D eigenvalue weighted by molar-refractivity contribution is 0.304. The number of ether oxygens (including phenoxy) is 1. The fourth-order valence-electron chi connectivity index (χ4n) is 2.32. The number of halogens is 1. The van der Waals surface area contributed by atoms with Gasteiger partial charge in [0, 0.05) is 6.54 Å². The highest BCUT2D eigenvalue weighted by Crippen LogP contribution is 2.25. The fraction of sp³-hybridized carbons (Fsp3) is 0.579. The summed E-state index contributed by atoms with van der Waals surface area (Å²) in [5, 5.41) is 8.13. The SMILES string of the molecule is CCCCCCCCCOc1ccc(/C=N/NC(=S)NCC)cc1Cl. The highest BCUT2D eigenvalue weighted by atomic mass is 35.5. The monoisotopic (exact) mass is 383 g/mol. The number of thiocarbonyl (C=S) groups is 1. The summed E-state index contributed by atoms with van der Waals surface area (Å²) in [4.78, 5) is 0. The molecule has 0 radical (unpaired) electrons. The summed E-state index contributed by atoms with van der Waals surface area (Å²) in [5.74, 6) is 0.723. The molecule has 0 atom stereocenters. The van der Waals surface area contributed by atoms with Crippen LogP contribution in [0.25, 0.3) is 0 Å². The topological polar surface area (TPSA) is 45.6 Å². The third-order valence-corrected chi connectivity index (χ3v) is 4.21. The number of hydrogen-bond donors (Lipinski definition) is 2. The van der Waals surface area contributed by atoms with Crippen LogP contribution in [0.1, 0.15) is 64.4 Å². The number of nitrogens with one attached hydrogen (secondary N) is 2. The molecule has 0 amide bonds. The van der Waals surface area contributed by atoms with Gasteiger partial charge in [0.15, 0.2) is 5.11 Å². The number of nitrogens with zero attached hydrogens (tertiary/aromatic N) is 1. The number of hydrazone groups is 1. The predicted molar refractivity (Wildman–Crippen MR) is 112 cm³/mol. The number of benzene rings is 1. The van der Waals surface area contributed by atoms with E-state index in [1.807, 2.05) is 25.1 Å². The zero-order chi connectivity index (χ0) is 18.3. The van der Waals surface area contributed by atoms with Crippen LogP contribution in [0.2, 0.25) is 5.02 Å². The minimum absolute atomic E-state index is 0.500. The Balaban J connectivity index is 2.28. The van der Waals surface area contributed by atoms with Gasteiger partial charge in [-0.2, -0.15) is 5.10 Å². The quantitative estimate of drug-likeness (QED) is 0.223. The summed E-state index contributed by atoms with van der Waals surface area (Å²) in [6, 6.07) is 5.64. The smallest absolute Gasteiger partial charge is 0.186 e. The van der Waals surface area contributed by atoms with Crippen molar-refractivity contribution in [3.8, 4) is 5.75 Å². The van der Waals surface area contributed by atoms with E-state index >= 15 is 0 Å². The molecule has 1 aromatic carbocycles. The Hall–Kier alpha value is -1.33. The van der Waals surface area contributed by atoms with Gasteiger partial charge in [-0.15, -0.1) is 0 Å². The Morgan fingerprint density at radius 1 is 1.16 bits per heavy atom. The number of hydrogen-bond acceptors (Lipinski definition) is 3. The first-order valence-corrected chi connectivity index (χ1v) is 9.95. The Bertz CT molecular complexity index is 537. The van der Waals surface area contributed by atoms with E-state index in [1.54, 1.807) is 6.21 Å². The first-order valence-electron chi connectivity index (χ1n) is 9.16. The molecule has 2 N–H and O–H groups in total. The average molecular weight is 384 g/mol. The maximum atomic E-state index is 6.27. The van der Waals surface area contributed by atoms with Crippen molar-refractivity contribution in [2.24, 2.45) is 5.10 Å². The van der Waals surface area contributed by atoms with Gasteiger partial charge in [0.05, 0.1) is 17.8 Å². The van der Waals surface area contributed by atoms with Crippen LogP contribution in [0.3, 0.4) is 0 Å². The van der Waals surface area contributed by atoms with Gasteiger partial charge in [0.2, 0.25) is 0 Å². The lowest BCUT2D eigenvalue weighted by Crippen LogP contribution is -2.31. The molecule has 0 aliphatic heterocycles. The second-order valence-corrected chi connectivity index (χ2v) is 6.70. The maximum Gasteiger partial charge on any atom is 0.186 e. The highest BCUT2D eigenvalue weighted by Gasteiger charge is 2.02. The summed E-state index contributed by atoms with van der Waals surface area (Å²) in [6.45, 7) is 5.68. The van der Waals surface area contributed by atoms with Crippen molar-refractivity contribution in [2.75, 3.05) is 13.2 Å². The van der Waals surface area contributed by atoms with Crippen molar-refractivity contribution < 1.29 is 4.74 Å². The van der Waals surface area contributed by atoms with Crippen LogP contribution in [0.5, 0.6) is 5.75 Å². The van der Waals surface area contributed by atoms with Gasteiger partial charge in [-0.05, 0) is 49.3 Å². The maximum absolute atomic E-state index is 6.27. The third kappa shape index (κ3) is 10.3. The molecule has 4 nitrogen and oxygen atoms in total. The van der Waals surface area contributed by atoms with Crippen LogP contribution >= 0.6 is 23.8 Å². The molecule has 0 aliphatic rings. The first kappa shape index (κ1) is 21.7. The fourth-order valence-corrected chi connectivity index (χ4v) is 2.76. The van der Waals surface area contributed by atoms with Gasteiger partial charge in [-0.1, -0.05) is 57.0 Å². The summed E-state index contributed by atoms with van der Waals surface area (Å²) in [5.41, 5.74) is 3.64. The van der Waals surface area contributed by atoms with Crippen LogP contribution in [0.15, 0.2) is 23.3 Å². The van der Waals surface area contributed by atoms with Crippen LogP contribution in [-0.4, -0.2) is 24.5 Å². The second kappa shape index (κ2) is 13.9. The summed E-state index contributed by atoms with van der Waals surface area (Å²) < 4.78 is 5.77. The minimum atomic E-state index is 0.500. The lowest BCUT2D eigenvalue weighted by atomic mass is 10.1. The van der Waals surface area contributed by atoms with Gasteiger partial charge < -0.3 is 10.1 Å². The summed E-state index contributed by atoms with van der Waals surface area (Å²) in [7, 11) is 0. The van der Waals surface area contributed by atoms with E-state index in [9.17, 15) is 0 Å². The van der Waals surface area contributed by atoms with Crippen molar-refractivity contribution in [2.45, 2.75) is 58.8 Å². The van der Waals surface area contributed by atoms with Crippen LogP contribution in [-0.2, 0) is 0 Å². The minimum Gasteiger partial charge on any atom is -0.492 e. The van der Waals surface area contributed by atoms with Crippen molar-refractivity contribution >= 4 is 35.1 Å². The summed E-state index contributed by atoms with van der Waals surface area (Å²) in [6.07, 6.45) is 10.6. The molecule has 0 fully saturated rings. The lowest BCUT2D eigenvalue weighted by Gasteiger charge is -2.08. The largest absolute Gasteiger partial charge is 0.492 e. The molecule has 0 saturated carbocycles. The van der Waals surface area contributed by atoms with E-state index in [-0.39, 0.29) is 0 Å². The molecule has 0 unspecified atom stereocenters. The Morgan fingerprint density at radius 2 is 1.88 bits per heavy atom. The number of rotatable bonds is 12. The Labute approximate surface area is 162 Å². The van der Waals surface area contributed by atoms with Gasteiger partial charge in [-0.25, -0.2) is 0 Å². The highest BCUT2D eigenvalue weighted by molar-refractivity contribution is 7.80. The number of unbranched alkanes of at least 4 members (excludes halogenated alkanes) is 6. The zero-order valence-corrected chi connectivity index (χ0v) is 16.9. The molecule has 1 rings (SSSR count). The molecule has 0 heterocycles. The molecule has 25 heavy (non-hydrogen) atoms. The zero-order valence-electron chi connectivity index (χ0n) is 15.3. The Morgan fingerprint density at radius 3 is 2.56 bits per heavy atom. The van der Waals surface area contributed by atoms with E-state index in [0.717, 1.165) is 24.3 Å². The average Bonchev–Trinajstić information content (AvgIpc) is 2.59. The molecular formula is C19H30ClN3OS. The standard InChI is InChI=1S/C19H30ClN3OS/c1-3-5-6-7-8-9-10-13-24-18-12-11-16(14-17(18)20)15-22-23-19(25)21-4-2/h11-12,14-15H,3-10,13H2,1-2H3,(H2,21,23,25)/b22-15+. The van der Waals surface area contributed by atoms with E-state index in [2.05, 4.69) is 22.8 Å². The third-order valence-electron chi connectivity index (χ3n) is 3.68. The molecule has 1 aromatic rings. The van der Waals surface area contributed by atoms with E-state index < -0.39 is 0 Å². The molecule has 0 spiro atoms. The predicted octanol–water partition coefficient (Wildman–Crippen LogP) is 5.29. The molecule has 140 valence electrons. The molecular weight excluding hydrogens is 354 g/mol. The van der Waals surface area contributed by atoms with Gasteiger partial charge in [0.1, 0.15) is 5.75 Å². The van der Waals surface area contributed by atoms with Gasteiger partial charge in [0.25, 0.3) is 0 Å². The molecule has 0 aliphatic carbocycles. The molecule has 6 heteroatoms. The van der Waals surface area contributed by atoms with Gasteiger partial charge >= 0.3 is 0 Å². The van der Waals surface area contributed by atoms with E-state index in [4.69, 9.17) is 28.6 Å². The first-order chi connectivity index (χ1) is 12.2. The second-order valence-electron chi connectivity index (χ2n) is 5.89. The van der Waals surface area contributed by atoms with Crippen molar-refractivity contribution in [1.29, 1.82) is 0 Å². The van der Waals surface area contributed by atoms with Crippen LogP contribution < -0.4 is 15.5 Å². The van der Waals surface area contributed by atoms with Crippen molar-refractivity contribution in [3.63, 3.8) is 0 Å². The molecule has 0 bridgehead atoms. The van der Waals surface area contributed by atoms with E-state index in [1.165, 1.54) is 38.5 Å². The van der Waals surface area contributed by atoms with Crippen LogP contribution in [0, 0.1) is 0 Å². The van der Waals surface area contributed by atoms with E-state index in [0.29, 0.717) is 16.7 Å². The van der Waals surface area contributed by atoms with Gasteiger partial charge in [-0.3, -0.25) is 5.43 Å². The normalized spacial score (nSPS) is 10.8.